The second kappa shape index (κ2) is 7.75. The van der Waals surface area contributed by atoms with Crippen molar-refractivity contribution in [2.45, 2.75) is 13.8 Å². The molecular weight excluding hydrogens is 318 g/mol. The summed E-state index contributed by atoms with van der Waals surface area (Å²) in [7, 11) is 0. The minimum atomic E-state index is -0.360. The predicted molar refractivity (Wildman–Crippen MR) is 96.3 cm³/mol. The Morgan fingerprint density at radius 3 is 2.52 bits per heavy atom. The van der Waals surface area contributed by atoms with Crippen LogP contribution in [0.5, 0.6) is 11.5 Å². The van der Waals surface area contributed by atoms with E-state index in [1.165, 1.54) is 0 Å². The van der Waals surface area contributed by atoms with Crippen molar-refractivity contribution in [3.63, 3.8) is 0 Å². The van der Waals surface area contributed by atoms with E-state index in [4.69, 9.17) is 14.2 Å². The SMILES string of the molecule is CCN(CC)C(=O)O/C(=C/c1ccc2c(c1)OCO2)c1ccccc1. The van der Waals surface area contributed by atoms with Gasteiger partial charge in [0, 0.05) is 18.7 Å². The lowest BCUT2D eigenvalue weighted by atomic mass is 10.1. The van der Waals surface area contributed by atoms with E-state index in [-0.39, 0.29) is 12.9 Å². The minimum Gasteiger partial charge on any atom is -0.454 e. The van der Waals surface area contributed by atoms with E-state index in [9.17, 15) is 4.79 Å². The summed E-state index contributed by atoms with van der Waals surface area (Å²) in [6, 6.07) is 15.2. The van der Waals surface area contributed by atoms with Crippen molar-refractivity contribution >= 4 is 17.9 Å². The van der Waals surface area contributed by atoms with E-state index >= 15 is 0 Å². The second-order valence-corrected chi connectivity index (χ2v) is 5.53. The second-order valence-electron chi connectivity index (χ2n) is 5.53. The number of carbonyl (C=O) groups excluding carboxylic acids is 1. The van der Waals surface area contributed by atoms with Crippen LogP contribution < -0.4 is 9.47 Å². The zero-order valence-corrected chi connectivity index (χ0v) is 14.4. The van der Waals surface area contributed by atoms with Gasteiger partial charge in [0.2, 0.25) is 6.79 Å². The Morgan fingerprint density at radius 1 is 1.08 bits per heavy atom. The van der Waals surface area contributed by atoms with Crippen LogP contribution in [-0.2, 0) is 4.74 Å². The molecule has 0 spiro atoms. The Kier molecular flexibility index (Phi) is 5.23. The van der Waals surface area contributed by atoms with Crippen LogP contribution in [0.15, 0.2) is 48.5 Å². The lowest BCUT2D eigenvalue weighted by Gasteiger charge is -2.19. The van der Waals surface area contributed by atoms with Crippen LogP contribution in [0.1, 0.15) is 25.0 Å². The molecule has 0 atom stereocenters. The highest BCUT2D eigenvalue weighted by atomic mass is 16.7. The molecule has 0 N–H and O–H groups in total. The molecule has 2 aromatic carbocycles. The molecule has 0 saturated heterocycles. The standard InChI is InChI=1S/C20H21NO4/c1-3-21(4-2)20(22)25-18(16-8-6-5-7-9-16)12-15-10-11-17-19(13-15)24-14-23-17/h5-13H,3-4,14H2,1-2H3/b18-12+. The van der Waals surface area contributed by atoms with Crippen LogP contribution in [0.3, 0.4) is 0 Å². The molecule has 0 aromatic heterocycles. The molecule has 0 unspecified atom stereocenters. The van der Waals surface area contributed by atoms with Gasteiger partial charge >= 0.3 is 6.09 Å². The van der Waals surface area contributed by atoms with Gasteiger partial charge in [-0.15, -0.1) is 0 Å². The number of amides is 1. The number of ether oxygens (including phenoxy) is 3. The Morgan fingerprint density at radius 2 is 1.80 bits per heavy atom. The molecule has 1 amide bonds. The van der Waals surface area contributed by atoms with E-state index < -0.39 is 0 Å². The van der Waals surface area contributed by atoms with Crippen LogP contribution in [-0.4, -0.2) is 30.9 Å². The maximum Gasteiger partial charge on any atom is 0.415 e. The van der Waals surface area contributed by atoms with Crippen molar-refractivity contribution in [3.05, 3.63) is 59.7 Å². The number of fused-ring (bicyclic) bond motifs is 1. The highest BCUT2D eigenvalue weighted by Gasteiger charge is 2.16. The molecule has 25 heavy (non-hydrogen) atoms. The first-order valence-corrected chi connectivity index (χ1v) is 8.34. The largest absolute Gasteiger partial charge is 0.454 e. The van der Waals surface area contributed by atoms with Gasteiger partial charge in [-0.25, -0.2) is 4.79 Å². The average Bonchev–Trinajstić information content (AvgIpc) is 3.11. The summed E-state index contributed by atoms with van der Waals surface area (Å²) in [6.07, 6.45) is 1.47. The predicted octanol–water partition coefficient (Wildman–Crippen LogP) is 4.39. The Hall–Kier alpha value is -2.95. The molecule has 3 rings (SSSR count). The Labute approximate surface area is 147 Å². The maximum absolute atomic E-state index is 12.4. The summed E-state index contributed by atoms with van der Waals surface area (Å²) in [5.41, 5.74) is 1.70. The summed E-state index contributed by atoms with van der Waals surface area (Å²) in [6.45, 7) is 5.27. The molecule has 1 aliphatic heterocycles. The molecule has 5 nitrogen and oxygen atoms in total. The third-order valence-electron chi connectivity index (χ3n) is 3.97. The van der Waals surface area contributed by atoms with Gasteiger partial charge in [0.15, 0.2) is 11.5 Å². The highest BCUT2D eigenvalue weighted by molar-refractivity contribution is 5.85. The minimum absolute atomic E-state index is 0.227. The fraction of sp³-hybridized carbons (Fsp3) is 0.250. The third-order valence-corrected chi connectivity index (χ3v) is 3.97. The van der Waals surface area contributed by atoms with Gasteiger partial charge in [-0.2, -0.15) is 0 Å². The molecule has 0 saturated carbocycles. The monoisotopic (exact) mass is 339 g/mol. The van der Waals surface area contributed by atoms with Gasteiger partial charge in [0.05, 0.1) is 0 Å². The van der Waals surface area contributed by atoms with Crippen LogP contribution in [0, 0.1) is 0 Å². The zero-order valence-electron chi connectivity index (χ0n) is 14.4. The molecule has 2 aromatic rings. The van der Waals surface area contributed by atoms with E-state index in [2.05, 4.69) is 0 Å². The van der Waals surface area contributed by atoms with Gasteiger partial charge < -0.3 is 19.1 Å². The highest BCUT2D eigenvalue weighted by Crippen LogP contribution is 2.33. The molecule has 1 heterocycles. The van der Waals surface area contributed by atoms with Crippen LogP contribution in [0.2, 0.25) is 0 Å². The number of rotatable bonds is 5. The quantitative estimate of drug-likeness (QED) is 0.599. The summed E-state index contributed by atoms with van der Waals surface area (Å²) in [5, 5.41) is 0. The lowest BCUT2D eigenvalue weighted by Crippen LogP contribution is -2.30. The molecule has 0 aliphatic carbocycles. The first-order valence-electron chi connectivity index (χ1n) is 8.34. The van der Waals surface area contributed by atoms with Crippen LogP contribution >= 0.6 is 0 Å². The molecule has 1 aliphatic rings. The van der Waals surface area contributed by atoms with Crippen LogP contribution in [0.4, 0.5) is 4.79 Å². The van der Waals surface area contributed by atoms with E-state index in [1.807, 2.05) is 68.5 Å². The maximum atomic E-state index is 12.4. The Bertz CT molecular complexity index is 767. The van der Waals surface area contributed by atoms with Crippen LogP contribution in [0.25, 0.3) is 11.8 Å². The van der Waals surface area contributed by atoms with Gasteiger partial charge in [-0.05, 0) is 37.6 Å². The van der Waals surface area contributed by atoms with Crippen molar-refractivity contribution in [2.24, 2.45) is 0 Å². The van der Waals surface area contributed by atoms with E-state index in [1.54, 1.807) is 4.90 Å². The van der Waals surface area contributed by atoms with Crippen molar-refractivity contribution in [1.29, 1.82) is 0 Å². The molecule has 0 fully saturated rings. The molecule has 5 heteroatoms. The Balaban J connectivity index is 1.92. The van der Waals surface area contributed by atoms with Crippen molar-refractivity contribution in [1.82, 2.24) is 4.90 Å². The van der Waals surface area contributed by atoms with E-state index in [0.29, 0.717) is 24.6 Å². The first-order chi connectivity index (χ1) is 12.2. The van der Waals surface area contributed by atoms with Gasteiger partial charge in [0.25, 0.3) is 0 Å². The van der Waals surface area contributed by atoms with Gasteiger partial charge in [0.1, 0.15) is 5.76 Å². The number of benzene rings is 2. The van der Waals surface area contributed by atoms with Gasteiger partial charge in [-0.3, -0.25) is 0 Å². The number of nitrogens with zero attached hydrogens (tertiary/aromatic N) is 1. The number of hydrogen-bond acceptors (Lipinski definition) is 4. The molecular formula is C20H21NO4. The number of carbonyl (C=O) groups is 1. The summed E-state index contributed by atoms with van der Waals surface area (Å²) in [4.78, 5) is 14.0. The molecule has 130 valence electrons. The van der Waals surface area contributed by atoms with Crippen molar-refractivity contribution in [2.75, 3.05) is 19.9 Å². The van der Waals surface area contributed by atoms with E-state index in [0.717, 1.165) is 16.9 Å². The normalized spacial score (nSPS) is 12.8. The van der Waals surface area contributed by atoms with Gasteiger partial charge in [-0.1, -0.05) is 36.4 Å². The number of hydrogen-bond donors (Lipinski definition) is 0. The average molecular weight is 339 g/mol. The molecule has 0 radical (unpaired) electrons. The summed E-state index contributed by atoms with van der Waals surface area (Å²) < 4.78 is 16.4. The summed E-state index contributed by atoms with van der Waals surface area (Å²) >= 11 is 0. The topological polar surface area (TPSA) is 48.0 Å². The fourth-order valence-electron chi connectivity index (χ4n) is 2.57. The summed E-state index contributed by atoms with van der Waals surface area (Å²) in [5.74, 6) is 1.91. The lowest BCUT2D eigenvalue weighted by molar-refractivity contribution is 0.148. The molecule has 0 bridgehead atoms. The van der Waals surface area contributed by atoms with Crippen molar-refractivity contribution < 1.29 is 19.0 Å². The van der Waals surface area contributed by atoms with Crippen molar-refractivity contribution in [3.8, 4) is 11.5 Å². The zero-order chi connectivity index (χ0) is 17.6. The fourth-order valence-corrected chi connectivity index (χ4v) is 2.57. The third kappa shape index (κ3) is 3.94. The smallest absolute Gasteiger partial charge is 0.415 e. The first kappa shape index (κ1) is 16.9.